The molecular weight excluding hydrogens is 278 g/mol. The first-order valence-electron chi connectivity index (χ1n) is 7.90. The minimum Gasteiger partial charge on any atom is -0.496 e. The van der Waals surface area contributed by atoms with Crippen LogP contribution in [0.2, 0.25) is 0 Å². The molecule has 2 heterocycles. The highest BCUT2D eigenvalue weighted by Crippen LogP contribution is 2.31. The lowest BCUT2D eigenvalue weighted by Gasteiger charge is -2.33. The molecule has 118 valence electrons. The lowest BCUT2D eigenvalue weighted by molar-refractivity contribution is 0.153. The van der Waals surface area contributed by atoms with Crippen molar-refractivity contribution in [2.45, 2.75) is 38.6 Å². The van der Waals surface area contributed by atoms with Crippen molar-refractivity contribution in [1.29, 1.82) is 0 Å². The van der Waals surface area contributed by atoms with Crippen molar-refractivity contribution in [1.82, 2.24) is 15.0 Å². The number of benzene rings is 1. The standard InChI is InChI=1S/C17H23N3O2/c1-12(2)20-10-6-7-13(11-20)17-18-16(19-22-17)14-8-4-5-9-15(14)21-3/h4-5,8-9,12-13H,6-7,10-11H2,1-3H3/t13-/m1/s1. The molecule has 5 nitrogen and oxygen atoms in total. The Morgan fingerprint density at radius 1 is 1.32 bits per heavy atom. The number of likely N-dealkylation sites (tertiary alicyclic amines) is 1. The molecule has 0 N–H and O–H groups in total. The van der Waals surface area contributed by atoms with E-state index in [1.165, 1.54) is 6.42 Å². The lowest BCUT2D eigenvalue weighted by atomic mass is 9.97. The Morgan fingerprint density at radius 2 is 2.14 bits per heavy atom. The summed E-state index contributed by atoms with van der Waals surface area (Å²) < 4.78 is 10.9. The second-order valence-corrected chi connectivity index (χ2v) is 6.08. The first kappa shape index (κ1) is 15.0. The predicted octanol–water partition coefficient (Wildman–Crippen LogP) is 3.33. The van der Waals surface area contributed by atoms with E-state index >= 15 is 0 Å². The van der Waals surface area contributed by atoms with Gasteiger partial charge in [0.1, 0.15) is 5.75 Å². The van der Waals surface area contributed by atoms with Gasteiger partial charge in [-0.3, -0.25) is 0 Å². The average molecular weight is 301 g/mol. The summed E-state index contributed by atoms with van der Waals surface area (Å²) in [5.41, 5.74) is 0.872. The highest BCUT2D eigenvalue weighted by atomic mass is 16.5. The molecule has 1 saturated heterocycles. The highest BCUT2D eigenvalue weighted by Gasteiger charge is 2.27. The fraction of sp³-hybridized carbons (Fsp3) is 0.529. The summed E-state index contributed by atoms with van der Waals surface area (Å²) in [6.45, 7) is 6.61. The van der Waals surface area contributed by atoms with Crippen LogP contribution in [0.4, 0.5) is 0 Å². The molecular formula is C17H23N3O2. The number of hydrogen-bond acceptors (Lipinski definition) is 5. The van der Waals surface area contributed by atoms with Crippen LogP contribution in [0.1, 0.15) is 38.5 Å². The van der Waals surface area contributed by atoms with E-state index < -0.39 is 0 Å². The van der Waals surface area contributed by atoms with Gasteiger partial charge in [-0.25, -0.2) is 0 Å². The molecule has 0 bridgehead atoms. The van der Waals surface area contributed by atoms with Gasteiger partial charge in [-0.05, 0) is 45.4 Å². The third kappa shape index (κ3) is 2.99. The van der Waals surface area contributed by atoms with Crippen LogP contribution in [-0.2, 0) is 0 Å². The van der Waals surface area contributed by atoms with E-state index in [1.807, 2.05) is 24.3 Å². The summed E-state index contributed by atoms with van der Waals surface area (Å²) in [6, 6.07) is 8.31. The van der Waals surface area contributed by atoms with E-state index in [-0.39, 0.29) is 0 Å². The molecule has 0 aliphatic carbocycles. The number of methoxy groups -OCH3 is 1. The Kier molecular flexibility index (Phi) is 4.43. The summed E-state index contributed by atoms with van der Waals surface area (Å²) in [6.07, 6.45) is 2.28. The molecule has 0 spiro atoms. The molecule has 1 aliphatic heterocycles. The van der Waals surface area contributed by atoms with Crippen molar-refractivity contribution in [2.24, 2.45) is 0 Å². The first-order chi connectivity index (χ1) is 10.7. The minimum atomic E-state index is 0.326. The molecule has 2 aromatic rings. The van der Waals surface area contributed by atoms with Crippen molar-refractivity contribution in [3.63, 3.8) is 0 Å². The smallest absolute Gasteiger partial charge is 0.231 e. The van der Waals surface area contributed by atoms with Gasteiger partial charge in [0, 0.05) is 12.6 Å². The molecule has 1 aliphatic rings. The molecule has 5 heteroatoms. The van der Waals surface area contributed by atoms with Crippen LogP contribution in [0.15, 0.2) is 28.8 Å². The van der Waals surface area contributed by atoms with E-state index in [0.29, 0.717) is 17.8 Å². The minimum absolute atomic E-state index is 0.326. The number of ether oxygens (including phenoxy) is 1. The Hall–Kier alpha value is -1.88. The van der Waals surface area contributed by atoms with Gasteiger partial charge in [-0.2, -0.15) is 4.98 Å². The molecule has 3 rings (SSSR count). The van der Waals surface area contributed by atoms with Gasteiger partial charge in [0.25, 0.3) is 0 Å². The van der Waals surface area contributed by atoms with E-state index in [1.54, 1.807) is 7.11 Å². The first-order valence-corrected chi connectivity index (χ1v) is 7.90. The molecule has 1 atom stereocenters. The van der Waals surface area contributed by atoms with E-state index in [2.05, 4.69) is 28.9 Å². The zero-order chi connectivity index (χ0) is 15.5. The summed E-state index contributed by atoms with van der Waals surface area (Å²) in [5, 5.41) is 4.16. The Labute approximate surface area is 131 Å². The van der Waals surface area contributed by atoms with E-state index in [9.17, 15) is 0 Å². The van der Waals surface area contributed by atoms with Gasteiger partial charge >= 0.3 is 0 Å². The van der Waals surface area contributed by atoms with Gasteiger partial charge < -0.3 is 14.2 Å². The number of hydrogen-bond donors (Lipinski definition) is 0. The molecule has 0 unspecified atom stereocenters. The van der Waals surface area contributed by atoms with Crippen molar-refractivity contribution in [3.8, 4) is 17.1 Å². The summed E-state index contributed by atoms with van der Waals surface area (Å²) in [4.78, 5) is 7.10. The van der Waals surface area contributed by atoms with Crippen molar-refractivity contribution in [3.05, 3.63) is 30.2 Å². The molecule has 1 aromatic carbocycles. The molecule has 22 heavy (non-hydrogen) atoms. The fourth-order valence-electron chi connectivity index (χ4n) is 3.02. The quantitative estimate of drug-likeness (QED) is 0.867. The average Bonchev–Trinajstić information content (AvgIpc) is 3.04. The van der Waals surface area contributed by atoms with Gasteiger partial charge in [0.05, 0.1) is 18.6 Å². The van der Waals surface area contributed by atoms with Crippen LogP contribution < -0.4 is 4.74 Å². The van der Waals surface area contributed by atoms with Gasteiger partial charge in [-0.15, -0.1) is 0 Å². The van der Waals surface area contributed by atoms with Crippen LogP contribution >= 0.6 is 0 Å². The second kappa shape index (κ2) is 6.48. The van der Waals surface area contributed by atoms with Crippen LogP contribution in [0.25, 0.3) is 11.4 Å². The molecule has 0 radical (unpaired) electrons. The van der Waals surface area contributed by atoms with Crippen LogP contribution in [0.5, 0.6) is 5.75 Å². The van der Waals surface area contributed by atoms with Crippen LogP contribution in [-0.4, -0.2) is 41.3 Å². The van der Waals surface area contributed by atoms with E-state index in [4.69, 9.17) is 9.26 Å². The Morgan fingerprint density at radius 3 is 2.91 bits per heavy atom. The SMILES string of the molecule is COc1ccccc1-c1noc([C@@H]2CCCN(C(C)C)C2)n1. The number of aromatic nitrogens is 2. The monoisotopic (exact) mass is 301 g/mol. The van der Waals surface area contributed by atoms with Gasteiger partial charge in [0.2, 0.25) is 11.7 Å². The normalized spacial score (nSPS) is 19.5. The van der Waals surface area contributed by atoms with Crippen molar-refractivity contribution < 1.29 is 9.26 Å². The Bertz CT molecular complexity index is 624. The lowest BCUT2D eigenvalue weighted by Crippen LogP contribution is -2.39. The maximum atomic E-state index is 5.54. The molecule has 0 saturated carbocycles. The second-order valence-electron chi connectivity index (χ2n) is 6.08. The summed E-state index contributed by atoms with van der Waals surface area (Å²) >= 11 is 0. The zero-order valence-corrected chi connectivity index (χ0v) is 13.5. The zero-order valence-electron chi connectivity index (χ0n) is 13.5. The predicted molar refractivity (Wildman–Crippen MR) is 85.0 cm³/mol. The fourth-order valence-corrected chi connectivity index (χ4v) is 3.02. The third-order valence-corrected chi connectivity index (χ3v) is 4.32. The van der Waals surface area contributed by atoms with Crippen molar-refractivity contribution >= 4 is 0 Å². The summed E-state index contributed by atoms with van der Waals surface area (Å²) in [5.74, 6) is 2.44. The molecule has 0 amide bonds. The highest BCUT2D eigenvalue weighted by molar-refractivity contribution is 5.63. The molecule has 1 fully saturated rings. The number of para-hydroxylation sites is 1. The Balaban J connectivity index is 1.81. The maximum Gasteiger partial charge on any atom is 0.231 e. The largest absolute Gasteiger partial charge is 0.496 e. The van der Waals surface area contributed by atoms with Crippen LogP contribution in [0, 0.1) is 0 Å². The van der Waals surface area contributed by atoms with Gasteiger partial charge in [-0.1, -0.05) is 17.3 Å². The number of piperidine rings is 1. The molecule has 1 aromatic heterocycles. The van der Waals surface area contributed by atoms with Gasteiger partial charge in [0.15, 0.2) is 0 Å². The summed E-state index contributed by atoms with van der Waals surface area (Å²) in [7, 11) is 1.65. The number of rotatable bonds is 4. The maximum absolute atomic E-state index is 5.54. The third-order valence-electron chi connectivity index (χ3n) is 4.32. The number of nitrogens with zero attached hydrogens (tertiary/aromatic N) is 3. The van der Waals surface area contributed by atoms with Crippen LogP contribution in [0.3, 0.4) is 0 Å². The topological polar surface area (TPSA) is 51.4 Å². The van der Waals surface area contributed by atoms with Crippen molar-refractivity contribution in [2.75, 3.05) is 20.2 Å². The van der Waals surface area contributed by atoms with E-state index in [0.717, 1.165) is 36.7 Å².